The Labute approximate surface area is 241 Å². The molecule has 1 saturated carbocycles. The lowest BCUT2D eigenvalue weighted by Crippen LogP contribution is -2.49. The first-order chi connectivity index (χ1) is 18.9. The summed E-state index contributed by atoms with van der Waals surface area (Å²) in [5.74, 6) is -4.07. The molecular formula is C30H43ClF3N3O3. The second kappa shape index (κ2) is 16.2. The van der Waals surface area contributed by atoms with Gasteiger partial charge in [0, 0.05) is 24.4 Å². The van der Waals surface area contributed by atoms with Gasteiger partial charge < -0.3 is 15.4 Å². The van der Waals surface area contributed by atoms with Gasteiger partial charge in [0.1, 0.15) is 5.70 Å². The zero-order valence-electron chi connectivity index (χ0n) is 24.3. The van der Waals surface area contributed by atoms with Gasteiger partial charge in [-0.15, -0.1) is 0 Å². The van der Waals surface area contributed by atoms with E-state index in [0.29, 0.717) is 18.7 Å². The first-order valence-corrected chi connectivity index (χ1v) is 14.6. The van der Waals surface area contributed by atoms with Gasteiger partial charge in [-0.25, -0.2) is 13.2 Å². The first-order valence-electron chi connectivity index (χ1n) is 14.2. The van der Waals surface area contributed by atoms with Gasteiger partial charge in [0.05, 0.1) is 23.8 Å². The van der Waals surface area contributed by atoms with Crippen LogP contribution in [0.4, 0.5) is 13.2 Å². The van der Waals surface area contributed by atoms with Gasteiger partial charge in [0.2, 0.25) is 0 Å². The largest absolute Gasteiger partial charge is 0.394 e. The highest BCUT2D eigenvalue weighted by atomic mass is 35.5. The number of ether oxygens (including phenoxy) is 1. The number of Topliss-reactive ketones (excluding diaryl/α,β-unsaturated/α-hetero) is 1. The molecule has 0 spiro atoms. The minimum Gasteiger partial charge on any atom is -0.394 e. The average Bonchev–Trinajstić information content (AvgIpc) is 3.38. The minimum atomic E-state index is -1.49. The van der Waals surface area contributed by atoms with E-state index in [9.17, 15) is 22.8 Å². The van der Waals surface area contributed by atoms with Crippen LogP contribution in [0.3, 0.4) is 0 Å². The Morgan fingerprint density at radius 3 is 2.33 bits per heavy atom. The predicted octanol–water partition coefficient (Wildman–Crippen LogP) is 6.88. The maximum absolute atomic E-state index is 13.4. The van der Waals surface area contributed by atoms with Crippen LogP contribution in [-0.4, -0.2) is 54.1 Å². The molecule has 1 unspecified atom stereocenters. The number of halogens is 4. The third-order valence-corrected chi connectivity index (χ3v) is 7.44. The summed E-state index contributed by atoms with van der Waals surface area (Å²) in [6.45, 7) is 10.7. The van der Waals surface area contributed by atoms with Crippen LogP contribution in [0.1, 0.15) is 97.5 Å². The van der Waals surface area contributed by atoms with Gasteiger partial charge >= 0.3 is 0 Å². The molecule has 1 aromatic carbocycles. The van der Waals surface area contributed by atoms with Crippen LogP contribution in [-0.2, 0) is 14.3 Å². The lowest BCUT2D eigenvalue weighted by atomic mass is 9.89. The normalized spacial score (nSPS) is 22.1. The Hall–Kier alpha value is -2.39. The summed E-state index contributed by atoms with van der Waals surface area (Å²) >= 11 is 5.80. The smallest absolute Gasteiger partial charge is 0.270 e. The van der Waals surface area contributed by atoms with Crippen LogP contribution in [0.5, 0.6) is 0 Å². The van der Waals surface area contributed by atoms with E-state index in [0.717, 1.165) is 68.7 Å². The maximum Gasteiger partial charge on any atom is 0.270 e. The van der Waals surface area contributed by atoms with E-state index >= 15 is 0 Å². The molecular weight excluding hydrogens is 543 g/mol. The van der Waals surface area contributed by atoms with E-state index in [4.69, 9.17) is 22.1 Å². The predicted molar refractivity (Wildman–Crippen MR) is 153 cm³/mol. The summed E-state index contributed by atoms with van der Waals surface area (Å²) < 4.78 is 45.4. The number of benzene rings is 1. The first kappa shape index (κ1) is 33.8. The van der Waals surface area contributed by atoms with Crippen molar-refractivity contribution in [3.8, 4) is 0 Å². The summed E-state index contributed by atoms with van der Waals surface area (Å²) in [6.07, 6.45) is 6.96. The van der Waals surface area contributed by atoms with E-state index < -0.39 is 17.5 Å². The van der Waals surface area contributed by atoms with Gasteiger partial charge in [-0.1, -0.05) is 44.7 Å². The summed E-state index contributed by atoms with van der Waals surface area (Å²) in [7, 11) is 0. The quantitative estimate of drug-likeness (QED) is 0.194. The summed E-state index contributed by atoms with van der Waals surface area (Å²) in [5.41, 5.74) is 8.43. The minimum absolute atomic E-state index is 0.00736. The van der Waals surface area contributed by atoms with Crippen LogP contribution in [0.15, 0.2) is 22.3 Å². The molecule has 0 bridgehead atoms. The fourth-order valence-electron chi connectivity index (χ4n) is 5.18. The number of aliphatic imine (C=N–C) groups is 1. The number of unbranched alkanes of at least 4 members (excludes halogenated alkanes) is 1. The number of carbonyl (C=O) groups is 2. The number of nitrogens with zero attached hydrogens (tertiary/aromatic N) is 2. The molecule has 3 rings (SSSR count). The molecule has 1 aromatic rings. The van der Waals surface area contributed by atoms with Crippen molar-refractivity contribution in [2.75, 3.05) is 19.6 Å². The summed E-state index contributed by atoms with van der Waals surface area (Å²) in [6, 6.07) is 1.04. The molecule has 0 radical (unpaired) electrons. The van der Waals surface area contributed by atoms with Crippen molar-refractivity contribution in [2.45, 2.75) is 104 Å². The van der Waals surface area contributed by atoms with Gasteiger partial charge in [0.25, 0.3) is 5.91 Å². The molecule has 1 heterocycles. The Bertz CT molecular complexity index is 1100. The number of ketones is 1. The summed E-state index contributed by atoms with van der Waals surface area (Å²) in [4.78, 5) is 29.8. The van der Waals surface area contributed by atoms with Gasteiger partial charge in [-0.3, -0.25) is 14.6 Å². The highest BCUT2D eigenvalue weighted by molar-refractivity contribution is 6.31. The molecule has 1 saturated heterocycles. The topological polar surface area (TPSA) is 85.0 Å². The van der Waals surface area contributed by atoms with Crippen molar-refractivity contribution in [1.29, 1.82) is 0 Å². The van der Waals surface area contributed by atoms with Crippen molar-refractivity contribution in [1.82, 2.24) is 4.90 Å². The van der Waals surface area contributed by atoms with Crippen molar-refractivity contribution < 1.29 is 27.5 Å². The number of amides is 1. The molecule has 3 atom stereocenters. The van der Waals surface area contributed by atoms with Crippen LogP contribution < -0.4 is 5.73 Å². The third kappa shape index (κ3) is 9.33. The van der Waals surface area contributed by atoms with E-state index in [2.05, 4.69) is 11.9 Å². The van der Waals surface area contributed by atoms with Gasteiger partial charge in [-0.05, 0) is 70.4 Å². The standard InChI is InChI=1S/C16H25N3O3.C14H18ClF3/c1-10(20)7-18-14-6-4-5-13(14)15(17)16(21)19-8-11(2)22-12(3)9-19;1-3-5-7-9(6-4-2)10-8-11(16)13(17)14(18)12(10)15/h11-12H,4-9,17H2,1-3H3;8-9H,3-7H2,1-2H3/b15-13-,18-14?;/t11-,12+;. The zero-order chi connectivity index (χ0) is 30.0. The number of hydrogen-bond donors (Lipinski definition) is 1. The van der Waals surface area contributed by atoms with E-state index in [1.165, 1.54) is 6.92 Å². The fraction of sp³-hybridized carbons (Fsp3) is 0.633. The van der Waals surface area contributed by atoms with E-state index in [1.54, 1.807) is 4.90 Å². The van der Waals surface area contributed by atoms with Crippen LogP contribution in [0.25, 0.3) is 0 Å². The van der Waals surface area contributed by atoms with Crippen LogP contribution in [0, 0.1) is 17.5 Å². The summed E-state index contributed by atoms with van der Waals surface area (Å²) in [5, 5.41) is -0.275. The molecule has 2 fully saturated rings. The number of rotatable bonds is 9. The molecule has 2 aliphatic rings. The molecule has 0 aromatic heterocycles. The highest BCUT2D eigenvalue weighted by Crippen LogP contribution is 2.35. The Kier molecular flexibility index (Phi) is 13.7. The fourth-order valence-corrected chi connectivity index (χ4v) is 5.48. The second-order valence-electron chi connectivity index (χ2n) is 10.7. The van der Waals surface area contributed by atoms with Crippen molar-refractivity contribution in [3.63, 3.8) is 0 Å². The van der Waals surface area contributed by atoms with Gasteiger partial charge in [-0.2, -0.15) is 0 Å². The van der Waals surface area contributed by atoms with Crippen molar-refractivity contribution in [3.05, 3.63) is 45.4 Å². The number of morpholine rings is 1. The monoisotopic (exact) mass is 585 g/mol. The van der Waals surface area contributed by atoms with Crippen LogP contribution in [0.2, 0.25) is 5.02 Å². The zero-order valence-corrected chi connectivity index (χ0v) is 25.1. The second-order valence-corrected chi connectivity index (χ2v) is 11.1. The molecule has 10 heteroatoms. The van der Waals surface area contributed by atoms with E-state index in [-0.39, 0.29) is 47.1 Å². The SMILES string of the molecule is CC(=O)CN=C1CCC/C1=C(/N)C(=O)N1C[C@@H](C)O[C@@H](C)C1.CCCCC(CCC)c1cc(F)c(F)c(F)c1Cl. The number of carbonyl (C=O) groups excluding carboxylic acids is 2. The van der Waals surface area contributed by atoms with Crippen molar-refractivity contribution >= 4 is 29.0 Å². The maximum atomic E-state index is 13.4. The number of allylic oxidation sites excluding steroid dienone is 1. The molecule has 224 valence electrons. The van der Waals surface area contributed by atoms with Crippen molar-refractivity contribution in [2.24, 2.45) is 10.7 Å². The number of nitrogens with two attached hydrogens (primary N) is 1. The average molecular weight is 586 g/mol. The molecule has 2 N–H and O–H groups in total. The Morgan fingerprint density at radius 2 is 1.75 bits per heavy atom. The highest BCUT2D eigenvalue weighted by Gasteiger charge is 2.30. The Balaban J connectivity index is 0.000000286. The molecule has 1 aliphatic carbocycles. The molecule has 1 amide bonds. The van der Waals surface area contributed by atoms with E-state index in [1.807, 2.05) is 20.8 Å². The molecule has 40 heavy (non-hydrogen) atoms. The van der Waals surface area contributed by atoms with Crippen LogP contribution >= 0.6 is 11.6 Å². The van der Waals surface area contributed by atoms with Gasteiger partial charge in [0.15, 0.2) is 23.2 Å². The molecule has 1 aliphatic heterocycles. The lowest BCUT2D eigenvalue weighted by molar-refractivity contribution is -0.139. The Morgan fingerprint density at radius 1 is 1.10 bits per heavy atom. The number of hydrogen-bond acceptors (Lipinski definition) is 5. The molecule has 6 nitrogen and oxygen atoms in total. The third-order valence-electron chi connectivity index (χ3n) is 7.06. The lowest BCUT2D eigenvalue weighted by Gasteiger charge is -2.35.